The second kappa shape index (κ2) is 26.5. The van der Waals surface area contributed by atoms with E-state index in [1.807, 2.05) is 34.9 Å². The smallest absolute Gasteiger partial charge is 0.407 e. The molecule has 1 amide bonds. The third kappa shape index (κ3) is 32.9. The molecule has 0 rings (SSSR count). The van der Waals surface area contributed by atoms with Crippen molar-refractivity contribution in [2.45, 2.75) is 26.4 Å². The molecule has 0 bridgehead atoms. The molecule has 0 aliphatic heterocycles. The van der Waals surface area contributed by atoms with Crippen LogP contribution in [0.25, 0.3) is 0 Å². The van der Waals surface area contributed by atoms with Gasteiger partial charge in [-0.2, -0.15) is 0 Å². The topological polar surface area (TPSA) is 115 Å². The quantitative estimate of drug-likeness (QED) is 0.152. The summed E-state index contributed by atoms with van der Waals surface area (Å²) < 4.78 is 48.6. The first-order valence-corrected chi connectivity index (χ1v) is 13.0. The van der Waals surface area contributed by atoms with Crippen molar-refractivity contribution in [3.05, 3.63) is 0 Å². The Morgan fingerprint density at radius 2 is 0.838 bits per heavy atom. The van der Waals surface area contributed by atoms with Crippen molar-refractivity contribution in [3.63, 3.8) is 0 Å². The third-order valence-electron chi connectivity index (χ3n) is 4.20. The van der Waals surface area contributed by atoms with Crippen molar-refractivity contribution in [2.24, 2.45) is 0 Å². The van der Waals surface area contributed by atoms with E-state index in [4.69, 9.17) is 42.6 Å². The number of amides is 1. The van der Waals surface area contributed by atoms with E-state index in [0.29, 0.717) is 112 Å². The number of rotatable bonds is 27. The lowest BCUT2D eigenvalue weighted by atomic mass is 10.2. The van der Waals surface area contributed by atoms with Gasteiger partial charge in [-0.3, -0.25) is 0 Å². The fraction of sp³-hybridized carbons (Fsp3) is 0.960. The van der Waals surface area contributed by atoms with E-state index in [1.54, 1.807) is 0 Å². The van der Waals surface area contributed by atoms with Crippen molar-refractivity contribution < 1.29 is 47.4 Å². The Balaban J connectivity index is 3.10. The van der Waals surface area contributed by atoms with Crippen LogP contribution >= 0.6 is 0 Å². The lowest BCUT2D eigenvalue weighted by Gasteiger charge is -2.19. The van der Waals surface area contributed by atoms with E-state index in [0.717, 1.165) is 6.54 Å². The zero-order valence-electron chi connectivity index (χ0n) is 23.8. The summed E-state index contributed by atoms with van der Waals surface area (Å²) in [6, 6.07) is 0. The average Bonchev–Trinajstić information content (AvgIpc) is 2.82. The van der Waals surface area contributed by atoms with Gasteiger partial charge in [-0.1, -0.05) is 0 Å². The van der Waals surface area contributed by atoms with E-state index >= 15 is 0 Å². The molecule has 0 aliphatic carbocycles. The predicted octanol–water partition coefficient (Wildman–Crippen LogP) is 1.21. The lowest BCUT2D eigenvalue weighted by Crippen LogP contribution is -2.34. The molecule has 1 N–H and O–H groups in total. The van der Waals surface area contributed by atoms with Crippen molar-refractivity contribution in [3.8, 4) is 0 Å². The molecule has 0 spiro atoms. The van der Waals surface area contributed by atoms with Crippen LogP contribution in [0.15, 0.2) is 0 Å². The van der Waals surface area contributed by atoms with Crippen LogP contribution in [0.5, 0.6) is 0 Å². The molecule has 0 heterocycles. The second-order valence-electron chi connectivity index (χ2n) is 9.13. The summed E-state index contributed by atoms with van der Waals surface area (Å²) in [5.41, 5.74) is -0.504. The van der Waals surface area contributed by atoms with E-state index < -0.39 is 11.7 Å². The second-order valence-corrected chi connectivity index (χ2v) is 9.13. The number of hydrogen-bond donors (Lipinski definition) is 1. The number of carbonyl (C=O) groups excluding carboxylic acids is 1. The van der Waals surface area contributed by atoms with Gasteiger partial charge in [-0.15, -0.1) is 0 Å². The fourth-order valence-corrected chi connectivity index (χ4v) is 2.43. The minimum Gasteiger partial charge on any atom is -0.444 e. The first-order chi connectivity index (χ1) is 17.8. The Morgan fingerprint density at radius 1 is 0.541 bits per heavy atom. The number of nitrogens with zero attached hydrogens (tertiary/aromatic N) is 1. The average molecular weight is 541 g/mol. The monoisotopic (exact) mass is 540 g/mol. The molecule has 0 aromatic heterocycles. The molecule has 0 aromatic rings. The number of nitrogens with one attached hydrogen (secondary N) is 1. The molecule has 12 nitrogen and oxygen atoms in total. The lowest BCUT2D eigenvalue weighted by molar-refractivity contribution is -0.0232. The van der Waals surface area contributed by atoms with Crippen molar-refractivity contribution in [1.29, 1.82) is 0 Å². The first-order valence-electron chi connectivity index (χ1n) is 13.0. The maximum atomic E-state index is 11.5. The highest BCUT2D eigenvalue weighted by Gasteiger charge is 2.15. The Bertz CT molecular complexity index is 493. The maximum absolute atomic E-state index is 11.5. The third-order valence-corrected chi connectivity index (χ3v) is 4.20. The fourth-order valence-electron chi connectivity index (χ4n) is 2.43. The number of alkyl carbamates (subject to hydrolysis) is 1. The first kappa shape index (κ1) is 35.9. The van der Waals surface area contributed by atoms with E-state index in [-0.39, 0.29) is 0 Å². The van der Waals surface area contributed by atoms with E-state index in [1.165, 1.54) is 0 Å². The zero-order valence-corrected chi connectivity index (χ0v) is 23.8. The highest BCUT2D eigenvalue weighted by Crippen LogP contribution is 2.06. The number of hydrogen-bond acceptors (Lipinski definition) is 11. The SMILES string of the molecule is CN(C)CCOCCOCCOCCOCCOCCOCCOCCOCCNC(=O)OC(C)(C)C. The minimum atomic E-state index is -0.504. The molecule has 0 fully saturated rings. The highest BCUT2D eigenvalue weighted by molar-refractivity contribution is 5.67. The molecule has 0 saturated heterocycles. The predicted molar refractivity (Wildman–Crippen MR) is 139 cm³/mol. The Labute approximate surface area is 223 Å². The van der Waals surface area contributed by atoms with Crippen LogP contribution in [0.1, 0.15) is 20.8 Å². The van der Waals surface area contributed by atoms with Crippen LogP contribution in [0.3, 0.4) is 0 Å². The van der Waals surface area contributed by atoms with Gasteiger partial charge in [0.15, 0.2) is 0 Å². The summed E-state index contributed by atoms with van der Waals surface area (Å²) in [4.78, 5) is 13.5. The van der Waals surface area contributed by atoms with E-state index in [2.05, 4.69) is 10.2 Å². The van der Waals surface area contributed by atoms with Gasteiger partial charge >= 0.3 is 6.09 Å². The van der Waals surface area contributed by atoms with Crippen LogP contribution in [0, 0.1) is 0 Å². The van der Waals surface area contributed by atoms with Gasteiger partial charge in [-0.25, -0.2) is 4.79 Å². The summed E-state index contributed by atoms with van der Waals surface area (Å²) in [5.74, 6) is 0. The molecule has 222 valence electrons. The number of carbonyl (C=O) groups is 1. The molecule has 0 saturated carbocycles. The van der Waals surface area contributed by atoms with E-state index in [9.17, 15) is 4.79 Å². The standard InChI is InChI=1S/C25H52N2O10/c1-25(2,3)37-24(28)26-6-8-29-10-12-31-14-16-33-18-20-35-22-23-36-21-19-34-17-15-32-13-11-30-9-7-27(4)5/h6-23H2,1-5H3,(H,26,28). The molecular weight excluding hydrogens is 488 g/mol. The maximum Gasteiger partial charge on any atom is 0.407 e. The highest BCUT2D eigenvalue weighted by atomic mass is 16.6. The van der Waals surface area contributed by atoms with Crippen LogP contribution in [-0.4, -0.2) is 149 Å². The van der Waals surface area contributed by atoms with Gasteiger partial charge in [0.2, 0.25) is 0 Å². The summed E-state index contributed by atoms with van der Waals surface area (Å²) >= 11 is 0. The zero-order chi connectivity index (χ0) is 27.5. The molecular formula is C25H52N2O10. The van der Waals surface area contributed by atoms with Crippen molar-refractivity contribution in [2.75, 3.05) is 133 Å². The van der Waals surface area contributed by atoms with Gasteiger partial charge < -0.3 is 52.8 Å². The van der Waals surface area contributed by atoms with Crippen molar-refractivity contribution in [1.82, 2.24) is 10.2 Å². The van der Waals surface area contributed by atoms with Crippen LogP contribution < -0.4 is 5.32 Å². The van der Waals surface area contributed by atoms with Gasteiger partial charge in [0.05, 0.1) is 106 Å². The normalized spacial score (nSPS) is 11.8. The minimum absolute atomic E-state index is 0.390. The van der Waals surface area contributed by atoms with Crippen LogP contribution in [-0.2, 0) is 42.6 Å². The van der Waals surface area contributed by atoms with Gasteiger partial charge in [-0.05, 0) is 34.9 Å². The van der Waals surface area contributed by atoms with Crippen LogP contribution in [0.4, 0.5) is 4.79 Å². The summed E-state index contributed by atoms with van der Waals surface area (Å²) in [6.07, 6.45) is -0.447. The molecule has 12 heteroatoms. The largest absolute Gasteiger partial charge is 0.444 e. The molecule has 0 radical (unpaired) electrons. The van der Waals surface area contributed by atoms with Crippen LogP contribution in [0.2, 0.25) is 0 Å². The molecule has 0 aromatic carbocycles. The Morgan fingerprint density at radius 3 is 1.14 bits per heavy atom. The van der Waals surface area contributed by atoms with Crippen molar-refractivity contribution >= 4 is 6.09 Å². The molecule has 0 unspecified atom stereocenters. The molecule has 0 atom stereocenters. The summed E-state index contributed by atoms with van der Waals surface area (Å²) in [6.45, 7) is 15.1. The summed E-state index contributed by atoms with van der Waals surface area (Å²) in [5, 5.41) is 2.63. The van der Waals surface area contributed by atoms with Gasteiger partial charge in [0, 0.05) is 13.1 Å². The Kier molecular flexibility index (Phi) is 25.7. The Hall–Kier alpha value is -1.09. The van der Waals surface area contributed by atoms with Gasteiger partial charge in [0.1, 0.15) is 5.60 Å². The summed E-state index contributed by atoms with van der Waals surface area (Å²) in [7, 11) is 4.03. The number of likely N-dealkylation sites (N-methyl/N-ethyl adjacent to an activating group) is 1. The molecule has 0 aliphatic rings. The number of ether oxygens (including phenoxy) is 9. The van der Waals surface area contributed by atoms with Gasteiger partial charge in [0.25, 0.3) is 0 Å². The molecule has 37 heavy (non-hydrogen) atoms.